The number of halogens is 2. The number of aryl methyl sites for hydroxylation is 1. The molecule has 1 aromatic heterocycles. The predicted molar refractivity (Wildman–Crippen MR) is 84.5 cm³/mol. The second kappa shape index (κ2) is 6.62. The van der Waals surface area contributed by atoms with E-state index >= 15 is 0 Å². The van der Waals surface area contributed by atoms with E-state index in [1.54, 1.807) is 6.92 Å². The van der Waals surface area contributed by atoms with Crippen LogP contribution in [0.4, 0.5) is 8.78 Å². The minimum Gasteiger partial charge on any atom is -0.480 e. The molecule has 0 bridgehead atoms. The molecule has 6 nitrogen and oxygen atoms in total. The molecule has 1 fully saturated rings. The smallest absolute Gasteiger partial charge is 0.326 e. The average molecular weight is 349 g/mol. The molecule has 1 saturated heterocycles. The van der Waals surface area contributed by atoms with E-state index in [9.17, 15) is 23.5 Å². The SMILES string of the molecule is Cc1cn(-c2c(F)cccc2F)nc1C(=O)N1CCCCC1C(=O)O. The van der Waals surface area contributed by atoms with Crippen molar-refractivity contribution in [3.05, 3.63) is 47.3 Å². The van der Waals surface area contributed by atoms with Crippen LogP contribution in [0.5, 0.6) is 0 Å². The lowest BCUT2D eigenvalue weighted by atomic mass is 10.0. The second-order valence-corrected chi connectivity index (χ2v) is 6.02. The molecule has 0 radical (unpaired) electrons. The van der Waals surface area contributed by atoms with Crippen molar-refractivity contribution < 1.29 is 23.5 Å². The molecule has 8 heteroatoms. The van der Waals surface area contributed by atoms with E-state index in [2.05, 4.69) is 5.10 Å². The van der Waals surface area contributed by atoms with E-state index < -0.39 is 29.6 Å². The molecule has 1 N–H and O–H groups in total. The fraction of sp³-hybridized carbons (Fsp3) is 0.353. The van der Waals surface area contributed by atoms with Crippen LogP contribution in [-0.4, -0.2) is 44.3 Å². The number of hydrogen-bond donors (Lipinski definition) is 1. The first-order valence-corrected chi connectivity index (χ1v) is 7.94. The topological polar surface area (TPSA) is 75.4 Å². The molecule has 1 unspecified atom stereocenters. The summed E-state index contributed by atoms with van der Waals surface area (Å²) in [4.78, 5) is 25.4. The molecule has 1 amide bonds. The lowest BCUT2D eigenvalue weighted by Gasteiger charge is -2.32. The minimum absolute atomic E-state index is 0.00389. The Kier molecular flexibility index (Phi) is 4.52. The second-order valence-electron chi connectivity index (χ2n) is 6.02. The van der Waals surface area contributed by atoms with Gasteiger partial charge in [0.25, 0.3) is 5.91 Å². The van der Waals surface area contributed by atoms with Gasteiger partial charge in [0.05, 0.1) is 0 Å². The van der Waals surface area contributed by atoms with Crippen molar-refractivity contribution in [2.45, 2.75) is 32.2 Å². The van der Waals surface area contributed by atoms with Gasteiger partial charge in [-0.2, -0.15) is 5.10 Å². The number of carbonyl (C=O) groups is 2. The van der Waals surface area contributed by atoms with E-state index in [-0.39, 0.29) is 11.4 Å². The lowest BCUT2D eigenvalue weighted by molar-refractivity contribution is -0.143. The zero-order chi connectivity index (χ0) is 18.1. The number of aromatic nitrogens is 2. The van der Waals surface area contributed by atoms with Crippen molar-refractivity contribution in [1.82, 2.24) is 14.7 Å². The number of piperidine rings is 1. The highest BCUT2D eigenvalue weighted by atomic mass is 19.1. The van der Waals surface area contributed by atoms with Crippen LogP contribution in [-0.2, 0) is 4.79 Å². The van der Waals surface area contributed by atoms with Gasteiger partial charge in [-0.15, -0.1) is 0 Å². The number of rotatable bonds is 3. The number of carboxylic acids is 1. The minimum atomic E-state index is -1.06. The van der Waals surface area contributed by atoms with Crippen LogP contribution in [0.3, 0.4) is 0 Å². The van der Waals surface area contributed by atoms with Crippen molar-refractivity contribution >= 4 is 11.9 Å². The summed E-state index contributed by atoms with van der Waals surface area (Å²) in [5, 5.41) is 13.3. The van der Waals surface area contributed by atoms with Crippen molar-refractivity contribution in [3.63, 3.8) is 0 Å². The molecule has 0 aliphatic carbocycles. The van der Waals surface area contributed by atoms with Crippen LogP contribution in [0, 0.1) is 18.6 Å². The van der Waals surface area contributed by atoms with E-state index in [1.807, 2.05) is 0 Å². The number of hydrogen-bond acceptors (Lipinski definition) is 3. The largest absolute Gasteiger partial charge is 0.480 e. The van der Waals surface area contributed by atoms with E-state index in [1.165, 1.54) is 17.2 Å². The number of para-hydroxylation sites is 1. The molecular formula is C17H17F2N3O3. The zero-order valence-corrected chi connectivity index (χ0v) is 13.6. The van der Waals surface area contributed by atoms with E-state index in [0.29, 0.717) is 24.9 Å². The quantitative estimate of drug-likeness (QED) is 0.924. The first kappa shape index (κ1) is 17.1. The maximum atomic E-state index is 13.9. The van der Waals surface area contributed by atoms with Gasteiger partial charge in [0, 0.05) is 18.3 Å². The van der Waals surface area contributed by atoms with Gasteiger partial charge in [0.1, 0.15) is 11.7 Å². The molecule has 25 heavy (non-hydrogen) atoms. The monoisotopic (exact) mass is 349 g/mol. The van der Waals surface area contributed by atoms with Gasteiger partial charge >= 0.3 is 5.97 Å². The van der Waals surface area contributed by atoms with Crippen molar-refractivity contribution in [1.29, 1.82) is 0 Å². The summed E-state index contributed by atoms with van der Waals surface area (Å²) in [6.45, 7) is 1.91. The summed E-state index contributed by atoms with van der Waals surface area (Å²) in [6.07, 6.45) is 3.17. The van der Waals surface area contributed by atoms with Gasteiger partial charge in [-0.1, -0.05) is 6.07 Å². The van der Waals surface area contributed by atoms with Crippen LogP contribution in [0.1, 0.15) is 35.3 Å². The molecule has 2 heterocycles. The molecule has 2 aromatic rings. The molecule has 0 spiro atoms. The zero-order valence-electron chi connectivity index (χ0n) is 13.6. The number of carbonyl (C=O) groups excluding carboxylic acids is 1. The lowest BCUT2D eigenvalue weighted by Crippen LogP contribution is -2.48. The van der Waals surface area contributed by atoms with Crippen molar-refractivity contribution in [2.24, 2.45) is 0 Å². The number of carboxylic acid groups (broad SMARTS) is 1. The van der Waals surface area contributed by atoms with Crippen LogP contribution < -0.4 is 0 Å². The molecular weight excluding hydrogens is 332 g/mol. The molecule has 1 aliphatic rings. The third kappa shape index (κ3) is 3.11. The maximum absolute atomic E-state index is 13.9. The Labute approximate surface area is 142 Å². The molecule has 1 atom stereocenters. The highest BCUT2D eigenvalue weighted by Crippen LogP contribution is 2.23. The third-order valence-electron chi connectivity index (χ3n) is 4.32. The standard InChI is InChI=1S/C17H17F2N3O3/c1-10-9-22(15-11(18)5-4-6-12(15)19)20-14(10)16(23)21-8-3-2-7-13(21)17(24)25/h4-6,9,13H,2-3,7-8H2,1H3,(H,24,25). The Morgan fingerprint density at radius 3 is 2.56 bits per heavy atom. The van der Waals surface area contributed by atoms with E-state index in [0.717, 1.165) is 23.2 Å². The Morgan fingerprint density at radius 2 is 1.92 bits per heavy atom. The van der Waals surface area contributed by atoms with Gasteiger partial charge in [0.15, 0.2) is 17.3 Å². The summed E-state index contributed by atoms with van der Waals surface area (Å²) in [5.74, 6) is -3.21. The molecule has 1 aliphatic heterocycles. The van der Waals surface area contributed by atoms with Gasteiger partial charge in [-0.25, -0.2) is 18.3 Å². The predicted octanol–water partition coefficient (Wildman–Crippen LogP) is 2.54. The summed E-state index contributed by atoms with van der Waals surface area (Å²) in [5.41, 5.74) is 0.0382. The summed E-state index contributed by atoms with van der Waals surface area (Å²) < 4.78 is 28.8. The number of likely N-dealkylation sites (tertiary alicyclic amines) is 1. The molecule has 0 saturated carbocycles. The van der Waals surface area contributed by atoms with Crippen molar-refractivity contribution in [2.75, 3.05) is 6.54 Å². The fourth-order valence-corrected chi connectivity index (χ4v) is 3.06. The highest BCUT2D eigenvalue weighted by Gasteiger charge is 2.34. The maximum Gasteiger partial charge on any atom is 0.326 e. The van der Waals surface area contributed by atoms with Gasteiger partial charge in [-0.05, 0) is 38.3 Å². The molecule has 3 rings (SSSR count). The summed E-state index contributed by atoms with van der Waals surface area (Å²) >= 11 is 0. The summed E-state index contributed by atoms with van der Waals surface area (Å²) in [6, 6.07) is 2.53. The first-order valence-electron chi connectivity index (χ1n) is 7.94. The van der Waals surface area contributed by atoms with E-state index in [4.69, 9.17) is 0 Å². The Bertz CT molecular complexity index is 814. The van der Waals surface area contributed by atoms with Crippen LogP contribution >= 0.6 is 0 Å². The van der Waals surface area contributed by atoms with Crippen LogP contribution in [0.2, 0.25) is 0 Å². The number of nitrogens with zero attached hydrogens (tertiary/aromatic N) is 3. The Balaban J connectivity index is 1.97. The van der Waals surface area contributed by atoms with Gasteiger partial charge in [0.2, 0.25) is 0 Å². The number of aliphatic carboxylic acids is 1. The van der Waals surface area contributed by atoms with Crippen LogP contribution in [0.15, 0.2) is 24.4 Å². The fourth-order valence-electron chi connectivity index (χ4n) is 3.06. The third-order valence-corrected chi connectivity index (χ3v) is 4.32. The Morgan fingerprint density at radius 1 is 1.24 bits per heavy atom. The highest BCUT2D eigenvalue weighted by molar-refractivity contribution is 5.96. The molecule has 1 aromatic carbocycles. The number of amides is 1. The summed E-state index contributed by atoms with van der Waals surface area (Å²) in [7, 11) is 0. The number of benzene rings is 1. The van der Waals surface area contributed by atoms with Gasteiger partial charge in [-0.3, -0.25) is 4.79 Å². The molecule has 132 valence electrons. The Hall–Kier alpha value is -2.77. The first-order chi connectivity index (χ1) is 11.9. The normalized spacial score (nSPS) is 17.6. The van der Waals surface area contributed by atoms with Gasteiger partial charge < -0.3 is 10.0 Å². The van der Waals surface area contributed by atoms with Crippen LogP contribution in [0.25, 0.3) is 5.69 Å². The van der Waals surface area contributed by atoms with Crippen molar-refractivity contribution in [3.8, 4) is 5.69 Å². The average Bonchev–Trinajstić information content (AvgIpc) is 2.95.